The minimum absolute atomic E-state index is 0.0387. The third-order valence-corrected chi connectivity index (χ3v) is 8.30. The van der Waals surface area contributed by atoms with Crippen molar-refractivity contribution in [2.45, 2.75) is 36.6 Å². The van der Waals surface area contributed by atoms with Crippen LogP contribution < -0.4 is 24.8 Å². The Kier molecular flexibility index (Phi) is 11.3. The topological polar surface area (TPSA) is 126 Å². The smallest absolute Gasteiger partial charge is 0.251 e. The lowest BCUT2D eigenvalue weighted by Gasteiger charge is -2.25. The molecule has 0 spiro atoms. The van der Waals surface area contributed by atoms with Crippen LogP contribution in [0.15, 0.2) is 108 Å². The summed E-state index contributed by atoms with van der Waals surface area (Å²) in [4.78, 5) is 13.3. The number of nitrogens with one attached hydrogen (secondary N) is 3. The Balaban J connectivity index is 1.43. The Labute approximate surface area is 252 Å². The highest BCUT2D eigenvalue weighted by Gasteiger charge is 2.23. The number of amides is 1. The van der Waals surface area contributed by atoms with Crippen LogP contribution >= 0.6 is 0 Å². The van der Waals surface area contributed by atoms with E-state index in [1.54, 1.807) is 44.6 Å². The number of aliphatic hydroxyl groups is 1. The molecule has 4 aromatic carbocycles. The predicted molar refractivity (Wildman–Crippen MR) is 166 cm³/mol. The Morgan fingerprint density at radius 1 is 0.767 bits per heavy atom. The third kappa shape index (κ3) is 9.39. The van der Waals surface area contributed by atoms with Crippen molar-refractivity contribution in [1.82, 2.24) is 15.4 Å². The number of carbonyl (C=O) groups is 1. The Bertz CT molecular complexity index is 1600. The van der Waals surface area contributed by atoms with Gasteiger partial charge in [0.25, 0.3) is 5.91 Å². The highest BCUT2D eigenvalue weighted by molar-refractivity contribution is 7.89. The molecule has 10 heteroatoms. The van der Waals surface area contributed by atoms with E-state index in [9.17, 15) is 18.3 Å². The molecular formula is C33H37N3O6S. The van der Waals surface area contributed by atoms with E-state index in [0.29, 0.717) is 18.7 Å². The van der Waals surface area contributed by atoms with Crippen LogP contribution in [0.3, 0.4) is 0 Å². The van der Waals surface area contributed by atoms with Gasteiger partial charge in [0.15, 0.2) is 0 Å². The average Bonchev–Trinajstić information content (AvgIpc) is 3.04. The number of rotatable bonds is 15. The molecule has 0 radical (unpaired) electrons. The molecule has 0 bridgehead atoms. The maximum Gasteiger partial charge on any atom is 0.251 e. The molecule has 4 N–H and O–H groups in total. The van der Waals surface area contributed by atoms with E-state index >= 15 is 0 Å². The van der Waals surface area contributed by atoms with Crippen molar-refractivity contribution in [2.75, 3.05) is 20.8 Å². The van der Waals surface area contributed by atoms with Crippen LogP contribution in [-0.4, -0.2) is 52.3 Å². The van der Waals surface area contributed by atoms with Gasteiger partial charge in [0, 0.05) is 25.2 Å². The monoisotopic (exact) mass is 603 g/mol. The van der Waals surface area contributed by atoms with Crippen molar-refractivity contribution in [3.05, 3.63) is 125 Å². The van der Waals surface area contributed by atoms with Gasteiger partial charge in [-0.15, -0.1) is 0 Å². The number of hydrogen-bond acceptors (Lipinski definition) is 7. The van der Waals surface area contributed by atoms with Crippen LogP contribution in [0.4, 0.5) is 0 Å². The second kappa shape index (κ2) is 15.3. The number of hydrogen-bond donors (Lipinski definition) is 4. The predicted octanol–water partition coefficient (Wildman–Crippen LogP) is 3.67. The summed E-state index contributed by atoms with van der Waals surface area (Å²) in [6, 6.07) is 29.5. The molecule has 0 aliphatic carbocycles. The number of carbonyl (C=O) groups excluding carboxylic acids is 1. The van der Waals surface area contributed by atoms with Crippen molar-refractivity contribution >= 4 is 15.9 Å². The van der Waals surface area contributed by atoms with E-state index < -0.39 is 28.1 Å². The number of methoxy groups -OCH3 is 2. The highest BCUT2D eigenvalue weighted by Crippen LogP contribution is 2.16. The van der Waals surface area contributed by atoms with E-state index in [1.165, 1.54) is 18.2 Å². The lowest BCUT2D eigenvalue weighted by molar-refractivity contribution is 0.0829. The van der Waals surface area contributed by atoms with Gasteiger partial charge in [0.1, 0.15) is 11.5 Å². The molecule has 0 fully saturated rings. The number of aliphatic hydroxyl groups excluding tert-OH is 1. The summed E-state index contributed by atoms with van der Waals surface area (Å²) in [7, 11) is -0.758. The van der Waals surface area contributed by atoms with E-state index in [4.69, 9.17) is 9.47 Å². The third-order valence-electron chi connectivity index (χ3n) is 6.90. The first kappa shape index (κ1) is 31.7. The van der Waals surface area contributed by atoms with Crippen LogP contribution in [-0.2, 0) is 29.5 Å². The summed E-state index contributed by atoms with van der Waals surface area (Å²) < 4.78 is 39.2. The summed E-state index contributed by atoms with van der Waals surface area (Å²) in [5, 5.41) is 17.3. The molecule has 0 unspecified atom stereocenters. The Morgan fingerprint density at radius 3 is 2.02 bits per heavy atom. The second-order valence-electron chi connectivity index (χ2n) is 10.0. The van der Waals surface area contributed by atoms with Crippen LogP contribution in [0.2, 0.25) is 0 Å². The first-order valence-corrected chi connectivity index (χ1v) is 15.3. The first-order chi connectivity index (χ1) is 20.8. The SMILES string of the molecule is COc1cccc(CNC[C@H](O)[C@H](Cc2ccccc2)NC(=O)c2cccc(S(=O)(=O)NCc3cccc(OC)c3)c2)c1. The van der Waals surface area contributed by atoms with Gasteiger partial charge < -0.3 is 25.2 Å². The molecule has 43 heavy (non-hydrogen) atoms. The molecule has 1 amide bonds. The van der Waals surface area contributed by atoms with Crippen LogP contribution in [0.25, 0.3) is 0 Å². The van der Waals surface area contributed by atoms with Gasteiger partial charge in [-0.2, -0.15) is 0 Å². The van der Waals surface area contributed by atoms with Crippen molar-refractivity contribution in [3.8, 4) is 11.5 Å². The van der Waals surface area contributed by atoms with Gasteiger partial charge in [-0.05, 0) is 65.6 Å². The molecule has 4 aromatic rings. The van der Waals surface area contributed by atoms with E-state index in [1.807, 2.05) is 54.6 Å². The fourth-order valence-electron chi connectivity index (χ4n) is 4.54. The van der Waals surface area contributed by atoms with Crippen molar-refractivity contribution < 1.29 is 27.8 Å². The van der Waals surface area contributed by atoms with E-state index in [0.717, 1.165) is 22.4 Å². The number of ether oxygens (including phenoxy) is 2. The van der Waals surface area contributed by atoms with Gasteiger partial charge >= 0.3 is 0 Å². The standard InChI is InChI=1S/C33H37N3O6S/c1-41-28-14-6-11-25(17-28)21-34-23-32(37)31(19-24-9-4-3-5-10-24)36-33(38)27-13-8-16-30(20-27)43(39,40)35-22-26-12-7-15-29(18-26)42-2/h3-18,20,31-32,34-35,37H,19,21-23H2,1-2H3,(H,36,38)/t31-,32-/m0/s1. The number of sulfonamides is 1. The molecule has 2 atom stereocenters. The molecule has 0 aromatic heterocycles. The quantitative estimate of drug-likeness (QED) is 0.163. The van der Waals surface area contributed by atoms with Gasteiger partial charge in [0.2, 0.25) is 10.0 Å². The average molecular weight is 604 g/mol. The summed E-state index contributed by atoms with van der Waals surface area (Å²) in [6.45, 7) is 0.782. The van der Waals surface area contributed by atoms with Crippen molar-refractivity contribution in [2.24, 2.45) is 0 Å². The summed E-state index contributed by atoms with van der Waals surface area (Å²) in [6.07, 6.45) is -0.541. The maximum atomic E-state index is 13.4. The minimum atomic E-state index is -3.91. The second-order valence-corrected chi connectivity index (χ2v) is 11.8. The van der Waals surface area contributed by atoms with Crippen molar-refractivity contribution in [3.63, 3.8) is 0 Å². The van der Waals surface area contributed by atoms with Gasteiger partial charge in [-0.1, -0.05) is 60.7 Å². The zero-order valence-electron chi connectivity index (χ0n) is 24.2. The fraction of sp³-hybridized carbons (Fsp3) is 0.242. The van der Waals surface area contributed by atoms with Gasteiger partial charge in [0.05, 0.1) is 31.3 Å². The Morgan fingerprint density at radius 2 is 1.37 bits per heavy atom. The van der Waals surface area contributed by atoms with Crippen LogP contribution in [0.1, 0.15) is 27.0 Å². The molecule has 0 saturated carbocycles. The van der Waals surface area contributed by atoms with Gasteiger partial charge in [-0.25, -0.2) is 13.1 Å². The van der Waals surface area contributed by atoms with Gasteiger partial charge in [-0.3, -0.25) is 4.79 Å². The number of benzene rings is 4. The molecule has 0 aliphatic rings. The zero-order valence-corrected chi connectivity index (χ0v) is 25.0. The molecular weight excluding hydrogens is 566 g/mol. The summed E-state index contributed by atoms with van der Waals surface area (Å²) in [5.74, 6) is 0.879. The first-order valence-electron chi connectivity index (χ1n) is 13.9. The molecule has 0 heterocycles. The minimum Gasteiger partial charge on any atom is -0.497 e. The van der Waals surface area contributed by atoms with Crippen LogP contribution in [0.5, 0.6) is 11.5 Å². The maximum absolute atomic E-state index is 13.4. The van der Waals surface area contributed by atoms with E-state index in [2.05, 4.69) is 15.4 Å². The normalized spacial score (nSPS) is 12.7. The molecule has 9 nitrogen and oxygen atoms in total. The zero-order chi connectivity index (χ0) is 30.7. The molecule has 4 rings (SSSR count). The summed E-state index contributed by atoms with van der Waals surface area (Å²) in [5.41, 5.74) is 2.83. The molecule has 226 valence electrons. The largest absolute Gasteiger partial charge is 0.497 e. The summed E-state index contributed by atoms with van der Waals surface area (Å²) >= 11 is 0. The van der Waals surface area contributed by atoms with Crippen molar-refractivity contribution in [1.29, 1.82) is 0 Å². The lowest BCUT2D eigenvalue weighted by Crippen LogP contribution is -2.48. The van der Waals surface area contributed by atoms with E-state index in [-0.39, 0.29) is 23.5 Å². The fourth-order valence-corrected chi connectivity index (χ4v) is 5.60. The Hall–Kier alpha value is -4.22. The lowest BCUT2D eigenvalue weighted by atomic mass is 10.0. The molecule has 0 saturated heterocycles. The highest BCUT2D eigenvalue weighted by atomic mass is 32.2. The van der Waals surface area contributed by atoms with Crippen LogP contribution in [0, 0.1) is 0 Å². The molecule has 0 aliphatic heterocycles.